The van der Waals surface area contributed by atoms with E-state index in [2.05, 4.69) is 37.9 Å². The van der Waals surface area contributed by atoms with Gasteiger partial charge in [-0.3, -0.25) is 19.8 Å². The van der Waals surface area contributed by atoms with Crippen LogP contribution < -0.4 is 21.1 Å². The first-order valence-electron chi connectivity index (χ1n) is 18.0. The van der Waals surface area contributed by atoms with Gasteiger partial charge in [-0.05, 0) is 70.0 Å². The number of halogens is 1. The topological polar surface area (TPSA) is 161 Å². The number of methoxy groups -OCH3 is 1. The molecule has 13 nitrogen and oxygen atoms in total. The van der Waals surface area contributed by atoms with E-state index >= 15 is 0 Å². The third kappa shape index (κ3) is 11.4. The van der Waals surface area contributed by atoms with E-state index < -0.39 is 17.6 Å². The van der Waals surface area contributed by atoms with Gasteiger partial charge in [0, 0.05) is 59.5 Å². The van der Waals surface area contributed by atoms with E-state index in [-0.39, 0.29) is 23.4 Å². The second-order valence-electron chi connectivity index (χ2n) is 14.0. The van der Waals surface area contributed by atoms with Crippen LogP contribution in [-0.2, 0) is 19.0 Å². The number of anilines is 1. The summed E-state index contributed by atoms with van der Waals surface area (Å²) < 4.78 is 15.5. The van der Waals surface area contributed by atoms with Crippen LogP contribution in [0.5, 0.6) is 0 Å². The van der Waals surface area contributed by atoms with E-state index in [0.29, 0.717) is 77.6 Å². The molecule has 0 spiro atoms. The summed E-state index contributed by atoms with van der Waals surface area (Å²) in [6.45, 7) is 10.0. The number of aromatic nitrogens is 2. The molecule has 0 aliphatic carbocycles. The zero-order valence-electron chi connectivity index (χ0n) is 31.6. The molecule has 2 aromatic heterocycles. The van der Waals surface area contributed by atoms with E-state index in [1.807, 2.05) is 37.3 Å². The molecule has 0 saturated carbocycles. The van der Waals surface area contributed by atoms with Gasteiger partial charge in [-0.1, -0.05) is 48.9 Å². The molecule has 288 valence electrons. The van der Waals surface area contributed by atoms with Crippen LogP contribution >= 0.6 is 11.6 Å². The van der Waals surface area contributed by atoms with Crippen molar-refractivity contribution in [1.29, 1.82) is 0 Å². The van der Waals surface area contributed by atoms with Crippen molar-refractivity contribution < 1.29 is 33.4 Å². The van der Waals surface area contributed by atoms with Crippen LogP contribution in [0.1, 0.15) is 78.8 Å². The number of hydrogen-bond donors (Lipinski definition) is 3. The van der Waals surface area contributed by atoms with Gasteiger partial charge in [0.1, 0.15) is 11.4 Å². The van der Waals surface area contributed by atoms with Crippen molar-refractivity contribution in [2.75, 3.05) is 44.9 Å². The Hall–Kier alpha value is -5.71. The first kappa shape index (κ1) is 40.5. The van der Waals surface area contributed by atoms with Crippen LogP contribution in [0.4, 0.5) is 10.6 Å². The number of rotatable bonds is 10. The Morgan fingerprint density at radius 2 is 1.71 bits per heavy atom. The van der Waals surface area contributed by atoms with Crippen LogP contribution in [-0.4, -0.2) is 79.4 Å². The normalized spacial score (nSPS) is 13.2. The Labute approximate surface area is 325 Å². The summed E-state index contributed by atoms with van der Waals surface area (Å²) in [5.41, 5.74) is 7.78. The Morgan fingerprint density at radius 1 is 0.964 bits per heavy atom. The van der Waals surface area contributed by atoms with Crippen molar-refractivity contribution in [1.82, 2.24) is 26.1 Å². The zero-order chi connectivity index (χ0) is 39.5. The van der Waals surface area contributed by atoms with E-state index in [1.54, 1.807) is 51.2 Å². The number of benzene rings is 2. The molecule has 1 aliphatic rings. The van der Waals surface area contributed by atoms with Gasteiger partial charge >= 0.3 is 12.1 Å². The van der Waals surface area contributed by atoms with Crippen molar-refractivity contribution in [3.05, 3.63) is 88.1 Å². The van der Waals surface area contributed by atoms with Gasteiger partial charge in [-0.15, -0.1) is 0 Å². The maximum Gasteiger partial charge on any atom is 0.426 e. The van der Waals surface area contributed by atoms with Gasteiger partial charge in [0.15, 0.2) is 0 Å². The zero-order valence-corrected chi connectivity index (χ0v) is 32.3. The minimum absolute atomic E-state index is 0.175. The summed E-state index contributed by atoms with van der Waals surface area (Å²) >= 11 is 6.51. The maximum atomic E-state index is 13.4. The molecule has 3 N–H and O–H groups in total. The molecule has 2 aromatic carbocycles. The number of amides is 3. The minimum Gasteiger partial charge on any atom is -0.469 e. The third-order valence-electron chi connectivity index (χ3n) is 8.64. The smallest absolute Gasteiger partial charge is 0.426 e. The van der Waals surface area contributed by atoms with Gasteiger partial charge in [-0.25, -0.2) is 20.2 Å². The molecule has 5 rings (SSSR count). The van der Waals surface area contributed by atoms with Gasteiger partial charge < -0.3 is 24.4 Å². The average molecular weight is 769 g/mol. The number of ether oxygens (including phenoxy) is 3. The van der Waals surface area contributed by atoms with E-state index in [0.717, 1.165) is 24.2 Å². The molecule has 0 radical (unpaired) electrons. The molecule has 1 atom stereocenters. The lowest BCUT2D eigenvalue weighted by molar-refractivity contribution is -0.145. The quantitative estimate of drug-likeness (QED) is 0.0748. The summed E-state index contributed by atoms with van der Waals surface area (Å²) in [6.07, 6.45) is 3.03. The molecule has 0 bridgehead atoms. The lowest BCUT2D eigenvalue weighted by Gasteiger charge is -2.27. The van der Waals surface area contributed by atoms with Crippen LogP contribution in [0.2, 0.25) is 5.02 Å². The van der Waals surface area contributed by atoms with Gasteiger partial charge in [0.25, 0.3) is 11.8 Å². The number of esters is 1. The Balaban J connectivity index is 1.30. The second-order valence-corrected chi connectivity index (χ2v) is 14.4. The highest BCUT2D eigenvalue weighted by Gasteiger charge is 2.21. The van der Waals surface area contributed by atoms with Crippen molar-refractivity contribution >= 4 is 52.2 Å². The van der Waals surface area contributed by atoms with Crippen LogP contribution in [0.15, 0.2) is 60.8 Å². The minimum atomic E-state index is -0.793. The van der Waals surface area contributed by atoms with Crippen molar-refractivity contribution in [2.24, 2.45) is 5.92 Å². The molecule has 3 amide bonds. The number of morpholine rings is 1. The van der Waals surface area contributed by atoms with Gasteiger partial charge in [0.05, 0.1) is 48.0 Å². The van der Waals surface area contributed by atoms with Crippen LogP contribution in [0, 0.1) is 17.8 Å². The average Bonchev–Trinajstić information content (AvgIpc) is 3.18. The van der Waals surface area contributed by atoms with Crippen molar-refractivity contribution in [2.45, 2.75) is 52.6 Å². The number of nitrogens with one attached hydrogen (secondary N) is 3. The molecule has 55 heavy (non-hydrogen) atoms. The standard InChI is InChI=1S/C41H45ClN6O7/c1-26(39(51)53-5)8-6-7-17-43-37(49)30-16-15-28(33(42)22-30)12-9-27-10-13-29(14-11-27)34-23-31(38(50)46-47-40(52)55-41(2,3)4)32-25-44-36(24-35(32)45-34)48-18-20-54-21-19-48/h10-11,13-16,22-26H,6-8,17-21H2,1-5H3,(H,43,49)(H,46,50)(H,47,52). The number of pyridine rings is 2. The Morgan fingerprint density at radius 3 is 2.40 bits per heavy atom. The largest absolute Gasteiger partial charge is 0.469 e. The number of fused-ring (bicyclic) bond motifs is 1. The van der Waals surface area contributed by atoms with Crippen LogP contribution in [0.3, 0.4) is 0 Å². The molecular formula is C41H45ClN6O7. The van der Waals surface area contributed by atoms with Gasteiger partial charge in [0.2, 0.25) is 0 Å². The monoisotopic (exact) mass is 768 g/mol. The maximum absolute atomic E-state index is 13.4. The summed E-state index contributed by atoms with van der Waals surface area (Å²) in [5, 5.41) is 3.74. The van der Waals surface area contributed by atoms with E-state index in [4.69, 9.17) is 30.8 Å². The van der Waals surface area contributed by atoms with E-state index in [1.165, 1.54) is 7.11 Å². The summed E-state index contributed by atoms with van der Waals surface area (Å²) in [5.74, 6) is 5.70. The molecule has 1 aliphatic heterocycles. The highest BCUT2D eigenvalue weighted by Crippen LogP contribution is 2.28. The third-order valence-corrected chi connectivity index (χ3v) is 8.96. The Bertz CT molecular complexity index is 2100. The fourth-order valence-electron chi connectivity index (χ4n) is 5.71. The number of carbonyl (C=O) groups excluding carboxylic acids is 4. The molecule has 4 aromatic rings. The van der Waals surface area contributed by atoms with Gasteiger partial charge in [-0.2, -0.15) is 0 Å². The van der Waals surface area contributed by atoms with Crippen molar-refractivity contribution in [3.63, 3.8) is 0 Å². The number of unbranched alkanes of at least 4 members (excludes halogenated alkanes) is 1. The number of nitrogens with zero attached hydrogens (tertiary/aromatic N) is 3. The SMILES string of the molecule is COC(=O)C(C)CCCCNC(=O)c1ccc(C#Cc2ccc(-c3cc(C(=O)NNC(=O)OC(C)(C)C)c4cnc(N5CCOCC5)cc4n3)cc2)c(Cl)c1. The fraction of sp³-hybridized carbons (Fsp3) is 0.366. The summed E-state index contributed by atoms with van der Waals surface area (Å²) in [6, 6.07) is 15.9. The predicted molar refractivity (Wildman–Crippen MR) is 210 cm³/mol. The fourth-order valence-corrected chi connectivity index (χ4v) is 5.94. The van der Waals surface area contributed by atoms with Crippen LogP contribution in [0.25, 0.3) is 22.2 Å². The lowest BCUT2D eigenvalue weighted by Crippen LogP contribution is -2.44. The highest BCUT2D eigenvalue weighted by atomic mass is 35.5. The lowest BCUT2D eigenvalue weighted by atomic mass is 10.0. The predicted octanol–water partition coefficient (Wildman–Crippen LogP) is 6.07. The molecular weight excluding hydrogens is 724 g/mol. The molecule has 3 heterocycles. The molecule has 14 heteroatoms. The van der Waals surface area contributed by atoms with E-state index in [9.17, 15) is 19.2 Å². The Kier molecular flexibility index (Phi) is 13.7. The molecule has 1 fully saturated rings. The molecule has 1 saturated heterocycles. The highest BCUT2D eigenvalue weighted by molar-refractivity contribution is 6.32. The summed E-state index contributed by atoms with van der Waals surface area (Å²) in [7, 11) is 1.38. The number of hydrogen-bond acceptors (Lipinski definition) is 10. The first-order chi connectivity index (χ1) is 26.3. The first-order valence-corrected chi connectivity index (χ1v) is 18.4. The number of hydrazine groups is 1. The second kappa shape index (κ2) is 18.6. The number of carbonyl (C=O) groups is 4. The molecule has 1 unspecified atom stereocenters. The van der Waals surface area contributed by atoms with Crippen molar-refractivity contribution in [3.8, 4) is 23.1 Å². The summed E-state index contributed by atoms with van der Waals surface area (Å²) in [4.78, 5) is 61.5.